The Bertz CT molecular complexity index is 490. The fourth-order valence-electron chi connectivity index (χ4n) is 2.05. The first-order chi connectivity index (χ1) is 8.94. The highest BCUT2D eigenvalue weighted by Gasteiger charge is 2.42. The minimum absolute atomic E-state index is 0.351. The molecule has 6 heteroatoms. The first-order valence-electron chi connectivity index (χ1n) is 5.90. The van der Waals surface area contributed by atoms with Crippen LogP contribution in [0.5, 0.6) is 0 Å². The molecule has 2 atom stereocenters. The van der Waals surface area contributed by atoms with E-state index in [4.69, 9.17) is 10.8 Å². The van der Waals surface area contributed by atoms with Gasteiger partial charge in [0, 0.05) is 5.75 Å². The van der Waals surface area contributed by atoms with E-state index in [1.54, 1.807) is 31.2 Å². The number of amides is 1. The topological polar surface area (TPSA) is 83.6 Å². The molecule has 2 rings (SSSR count). The lowest BCUT2D eigenvalue weighted by molar-refractivity contribution is -0.150. The molecule has 0 aliphatic carbocycles. The Morgan fingerprint density at radius 1 is 1.42 bits per heavy atom. The summed E-state index contributed by atoms with van der Waals surface area (Å²) in [6, 6.07) is 8.22. The molecule has 0 radical (unpaired) electrons. The number of carboxylic acid groups (broad SMARTS) is 1. The molecule has 5 nitrogen and oxygen atoms in total. The summed E-state index contributed by atoms with van der Waals surface area (Å²) in [6.45, 7) is 1.62. The van der Waals surface area contributed by atoms with Crippen LogP contribution in [0.25, 0.3) is 0 Å². The van der Waals surface area contributed by atoms with Crippen LogP contribution >= 0.6 is 11.8 Å². The van der Waals surface area contributed by atoms with E-state index in [-0.39, 0.29) is 5.91 Å². The van der Waals surface area contributed by atoms with Crippen molar-refractivity contribution in [1.29, 1.82) is 0 Å². The molecular weight excluding hydrogens is 264 g/mol. The molecule has 3 N–H and O–H groups in total. The lowest BCUT2D eigenvalue weighted by Gasteiger charge is -2.31. The van der Waals surface area contributed by atoms with Gasteiger partial charge in [0.25, 0.3) is 0 Å². The SMILES string of the molecule is CC(N)(C(=O)N1CSCC1C(=O)O)c1ccccc1. The van der Waals surface area contributed by atoms with E-state index in [2.05, 4.69) is 0 Å². The average molecular weight is 280 g/mol. The Balaban J connectivity index is 2.26. The van der Waals surface area contributed by atoms with Crippen molar-refractivity contribution in [3.8, 4) is 0 Å². The van der Waals surface area contributed by atoms with Crippen molar-refractivity contribution >= 4 is 23.6 Å². The van der Waals surface area contributed by atoms with Gasteiger partial charge in [0.05, 0.1) is 5.88 Å². The molecule has 1 saturated heterocycles. The molecule has 1 fully saturated rings. The van der Waals surface area contributed by atoms with Gasteiger partial charge >= 0.3 is 5.97 Å². The summed E-state index contributed by atoms with van der Waals surface area (Å²) in [5, 5.41) is 9.12. The normalized spacial score (nSPS) is 22.0. The van der Waals surface area contributed by atoms with Gasteiger partial charge in [0.15, 0.2) is 0 Å². The summed E-state index contributed by atoms with van der Waals surface area (Å²) in [5.74, 6) is -0.556. The number of aliphatic carboxylic acids is 1. The van der Waals surface area contributed by atoms with Gasteiger partial charge in [0.1, 0.15) is 11.6 Å². The lowest BCUT2D eigenvalue weighted by atomic mass is 9.91. The largest absolute Gasteiger partial charge is 0.480 e. The number of nitrogens with zero attached hydrogens (tertiary/aromatic N) is 1. The van der Waals surface area contributed by atoms with Gasteiger partial charge in [0.2, 0.25) is 5.91 Å². The molecule has 0 aromatic heterocycles. The standard InChI is InChI=1S/C13H16N2O3S/c1-13(14,9-5-3-2-4-6-9)12(18)15-8-19-7-10(15)11(16)17/h2-6,10H,7-8,14H2,1H3,(H,16,17). The fraction of sp³-hybridized carbons (Fsp3) is 0.385. The highest BCUT2D eigenvalue weighted by atomic mass is 32.2. The maximum Gasteiger partial charge on any atom is 0.327 e. The number of carbonyl (C=O) groups excluding carboxylic acids is 1. The van der Waals surface area contributed by atoms with Crippen molar-refractivity contribution in [2.45, 2.75) is 18.5 Å². The van der Waals surface area contributed by atoms with Gasteiger partial charge < -0.3 is 15.7 Å². The molecule has 0 bridgehead atoms. The molecule has 19 heavy (non-hydrogen) atoms. The number of rotatable bonds is 3. The van der Waals surface area contributed by atoms with Crippen LogP contribution in [0.3, 0.4) is 0 Å². The van der Waals surface area contributed by atoms with Crippen LogP contribution < -0.4 is 5.73 Å². The van der Waals surface area contributed by atoms with Crippen LogP contribution in [0.15, 0.2) is 30.3 Å². The van der Waals surface area contributed by atoms with Crippen LogP contribution in [0.4, 0.5) is 0 Å². The van der Waals surface area contributed by atoms with Gasteiger partial charge in [-0.15, -0.1) is 11.8 Å². The Hall–Kier alpha value is -1.53. The zero-order chi connectivity index (χ0) is 14.0. The average Bonchev–Trinajstić information content (AvgIpc) is 2.88. The Morgan fingerprint density at radius 2 is 2.05 bits per heavy atom. The molecule has 1 amide bonds. The molecule has 2 unspecified atom stereocenters. The smallest absolute Gasteiger partial charge is 0.327 e. The number of nitrogens with two attached hydrogens (primary N) is 1. The van der Waals surface area contributed by atoms with Crippen molar-refractivity contribution in [3.05, 3.63) is 35.9 Å². The van der Waals surface area contributed by atoms with Crippen LogP contribution in [-0.2, 0) is 15.1 Å². The third-order valence-electron chi connectivity index (χ3n) is 3.25. The van der Waals surface area contributed by atoms with Crippen molar-refractivity contribution < 1.29 is 14.7 Å². The molecule has 0 spiro atoms. The molecule has 1 aromatic carbocycles. The van der Waals surface area contributed by atoms with Crippen molar-refractivity contribution in [1.82, 2.24) is 4.90 Å². The number of carboxylic acids is 1. The van der Waals surface area contributed by atoms with E-state index in [9.17, 15) is 9.59 Å². The van der Waals surface area contributed by atoms with E-state index in [1.165, 1.54) is 16.7 Å². The molecule has 1 aliphatic rings. The zero-order valence-corrected chi connectivity index (χ0v) is 11.4. The van der Waals surface area contributed by atoms with Gasteiger partial charge in [-0.1, -0.05) is 30.3 Å². The minimum atomic E-state index is -1.21. The summed E-state index contributed by atoms with van der Waals surface area (Å²) in [5.41, 5.74) is 5.60. The van der Waals surface area contributed by atoms with Crippen LogP contribution in [0.2, 0.25) is 0 Å². The van der Waals surface area contributed by atoms with Crippen molar-refractivity contribution in [2.75, 3.05) is 11.6 Å². The lowest BCUT2D eigenvalue weighted by Crippen LogP contribution is -2.54. The molecule has 1 aromatic rings. The van der Waals surface area contributed by atoms with E-state index in [0.29, 0.717) is 17.2 Å². The molecule has 1 heterocycles. The Labute approximate surface area is 115 Å². The predicted molar refractivity (Wildman–Crippen MR) is 73.6 cm³/mol. The number of benzene rings is 1. The molecule has 1 aliphatic heterocycles. The number of carbonyl (C=O) groups is 2. The third kappa shape index (κ3) is 2.59. The maximum absolute atomic E-state index is 12.5. The summed E-state index contributed by atoms with van der Waals surface area (Å²) in [7, 11) is 0. The van der Waals surface area contributed by atoms with Crippen molar-refractivity contribution in [3.63, 3.8) is 0 Å². The van der Waals surface area contributed by atoms with Crippen molar-refractivity contribution in [2.24, 2.45) is 5.73 Å². The highest BCUT2D eigenvalue weighted by Crippen LogP contribution is 2.27. The number of hydrogen-bond donors (Lipinski definition) is 2. The summed E-state index contributed by atoms with van der Waals surface area (Å²) >= 11 is 1.43. The first kappa shape index (κ1) is 13.9. The van der Waals surface area contributed by atoms with Crippen LogP contribution in [-0.4, -0.2) is 39.6 Å². The van der Waals surface area contributed by atoms with E-state index < -0.39 is 17.6 Å². The number of hydrogen-bond acceptors (Lipinski definition) is 4. The molecule has 0 saturated carbocycles. The zero-order valence-electron chi connectivity index (χ0n) is 10.6. The first-order valence-corrected chi connectivity index (χ1v) is 7.06. The van der Waals surface area contributed by atoms with Gasteiger partial charge in [-0.2, -0.15) is 0 Å². The van der Waals surface area contributed by atoms with Gasteiger partial charge in [-0.25, -0.2) is 4.79 Å². The predicted octanol–water partition coefficient (Wildman–Crippen LogP) is 0.847. The summed E-state index contributed by atoms with van der Waals surface area (Å²) in [6.07, 6.45) is 0. The second-order valence-corrected chi connectivity index (χ2v) is 5.70. The highest BCUT2D eigenvalue weighted by molar-refractivity contribution is 7.99. The minimum Gasteiger partial charge on any atom is -0.480 e. The maximum atomic E-state index is 12.5. The molecule has 102 valence electrons. The fourth-order valence-corrected chi connectivity index (χ4v) is 3.20. The third-order valence-corrected chi connectivity index (χ3v) is 4.26. The quantitative estimate of drug-likeness (QED) is 0.857. The molecular formula is C13H16N2O3S. The summed E-state index contributed by atoms with van der Waals surface area (Å²) < 4.78 is 0. The second kappa shape index (κ2) is 5.22. The Morgan fingerprint density at radius 3 is 2.63 bits per heavy atom. The Kier molecular flexibility index (Phi) is 3.82. The van der Waals surface area contributed by atoms with Crippen LogP contribution in [0.1, 0.15) is 12.5 Å². The number of thioether (sulfide) groups is 1. The second-order valence-electron chi connectivity index (χ2n) is 4.70. The van der Waals surface area contributed by atoms with Gasteiger partial charge in [-0.05, 0) is 12.5 Å². The van der Waals surface area contributed by atoms with Crippen LogP contribution in [0, 0.1) is 0 Å². The van der Waals surface area contributed by atoms with E-state index >= 15 is 0 Å². The van der Waals surface area contributed by atoms with E-state index in [0.717, 1.165) is 0 Å². The monoisotopic (exact) mass is 280 g/mol. The van der Waals surface area contributed by atoms with E-state index in [1.807, 2.05) is 6.07 Å². The van der Waals surface area contributed by atoms with Gasteiger partial charge in [-0.3, -0.25) is 4.79 Å². The summed E-state index contributed by atoms with van der Waals surface area (Å²) in [4.78, 5) is 25.0.